The summed E-state index contributed by atoms with van der Waals surface area (Å²) in [6.07, 6.45) is 1.84. The van der Waals surface area contributed by atoms with E-state index in [0.29, 0.717) is 16.7 Å². The van der Waals surface area contributed by atoms with Crippen molar-refractivity contribution in [3.63, 3.8) is 0 Å². The molecule has 4 aromatic rings. The van der Waals surface area contributed by atoms with Gasteiger partial charge in [-0.05, 0) is 87.3 Å². The lowest BCUT2D eigenvalue weighted by Gasteiger charge is -2.32. The summed E-state index contributed by atoms with van der Waals surface area (Å²) in [5.41, 5.74) is 3.11. The van der Waals surface area contributed by atoms with Gasteiger partial charge >= 0.3 is 13.1 Å². The Kier molecular flexibility index (Phi) is 6.34. The maximum Gasteiger partial charge on any atom is 0.495 e. The second kappa shape index (κ2) is 9.36. The van der Waals surface area contributed by atoms with Crippen LogP contribution in [0.25, 0.3) is 16.6 Å². The van der Waals surface area contributed by atoms with Gasteiger partial charge in [0.2, 0.25) is 0 Å². The van der Waals surface area contributed by atoms with Gasteiger partial charge in [0, 0.05) is 29.9 Å². The van der Waals surface area contributed by atoms with E-state index in [9.17, 15) is 4.79 Å². The van der Waals surface area contributed by atoms with Gasteiger partial charge < -0.3 is 23.9 Å². The van der Waals surface area contributed by atoms with Crippen LogP contribution in [0, 0.1) is 5.82 Å². The van der Waals surface area contributed by atoms with E-state index in [1.165, 1.54) is 13.0 Å². The number of carbonyl (C=O) groups is 1. The number of hydrogen-bond donors (Lipinski definition) is 1. The number of fused-ring (bicyclic) bond motifs is 1. The molecule has 3 aromatic carbocycles. The molecular weight excluding hydrogens is 470 g/mol. The van der Waals surface area contributed by atoms with Crippen LogP contribution >= 0.6 is 0 Å². The summed E-state index contributed by atoms with van der Waals surface area (Å²) in [7, 11) is -0.738. The average molecular weight is 500 g/mol. The predicted molar refractivity (Wildman–Crippen MR) is 144 cm³/mol. The van der Waals surface area contributed by atoms with Crippen molar-refractivity contribution < 1.29 is 23.2 Å². The highest BCUT2D eigenvalue weighted by atomic mass is 19.1. The SMILES string of the molecule is CC(=O)OCc1cc(F)c(-n2ccc3cc(Nc4ccccc4)ccc32)cc1B1OC(C)(C)C(C)(C)O1. The number of hydrogen-bond acceptors (Lipinski definition) is 5. The molecule has 8 heteroatoms. The fraction of sp³-hybridized carbons (Fsp3) is 0.276. The highest BCUT2D eigenvalue weighted by Crippen LogP contribution is 2.37. The van der Waals surface area contributed by atoms with Gasteiger partial charge in [0.1, 0.15) is 12.4 Å². The van der Waals surface area contributed by atoms with Crippen LogP contribution in [0.1, 0.15) is 40.2 Å². The summed E-state index contributed by atoms with van der Waals surface area (Å²) in [4.78, 5) is 11.5. The summed E-state index contributed by atoms with van der Waals surface area (Å²) in [5.74, 6) is -0.882. The highest BCUT2D eigenvalue weighted by molar-refractivity contribution is 6.62. The molecule has 6 nitrogen and oxygen atoms in total. The van der Waals surface area contributed by atoms with Gasteiger partial charge in [-0.15, -0.1) is 0 Å². The van der Waals surface area contributed by atoms with Crippen LogP contribution in [0.5, 0.6) is 0 Å². The van der Waals surface area contributed by atoms with Crippen molar-refractivity contribution in [2.45, 2.75) is 52.4 Å². The van der Waals surface area contributed by atoms with Crippen LogP contribution in [-0.2, 0) is 25.4 Å². The van der Waals surface area contributed by atoms with E-state index in [1.807, 2.05) is 88.5 Å². The van der Waals surface area contributed by atoms with Crippen LogP contribution in [0.3, 0.4) is 0 Å². The van der Waals surface area contributed by atoms with E-state index in [-0.39, 0.29) is 6.61 Å². The first-order valence-corrected chi connectivity index (χ1v) is 12.3. The molecule has 0 saturated carbocycles. The Bertz CT molecular complexity index is 1450. The minimum Gasteiger partial charge on any atom is -0.461 e. The molecular formula is C29H30BFN2O4. The molecule has 0 atom stereocenters. The average Bonchev–Trinajstić information content (AvgIpc) is 3.34. The number of ether oxygens (including phenoxy) is 1. The third-order valence-electron chi connectivity index (χ3n) is 7.16. The first-order valence-electron chi connectivity index (χ1n) is 12.3. The standard InChI is InChI=1S/C29H30BFN2O4/c1-19(34)35-18-21-16-25(31)27(17-24(21)30-36-28(2,3)29(4,5)37-30)33-14-13-20-15-23(11-12-26(20)33)32-22-9-7-6-8-10-22/h6-17,32H,18H2,1-5H3. The van der Waals surface area contributed by atoms with Gasteiger partial charge in [0.15, 0.2) is 0 Å². The third-order valence-corrected chi connectivity index (χ3v) is 7.16. The Labute approximate surface area is 216 Å². The molecule has 0 radical (unpaired) electrons. The van der Waals surface area contributed by atoms with Gasteiger partial charge in [-0.25, -0.2) is 4.39 Å². The quantitative estimate of drug-likeness (QED) is 0.265. The Balaban J connectivity index is 1.54. The Hall–Kier alpha value is -3.62. The first-order chi connectivity index (χ1) is 17.5. The number of para-hydroxylation sites is 1. The molecule has 1 N–H and O–H groups in total. The van der Waals surface area contributed by atoms with Crippen LogP contribution in [0.2, 0.25) is 0 Å². The van der Waals surface area contributed by atoms with Gasteiger partial charge in [-0.3, -0.25) is 4.79 Å². The Morgan fingerprint density at radius 3 is 2.35 bits per heavy atom. The molecule has 0 spiro atoms. The van der Waals surface area contributed by atoms with Gasteiger partial charge in [-0.2, -0.15) is 0 Å². The third kappa shape index (κ3) is 4.87. The number of benzene rings is 3. The van der Waals surface area contributed by atoms with Gasteiger partial charge in [0.05, 0.1) is 22.4 Å². The Morgan fingerprint density at radius 1 is 0.973 bits per heavy atom. The van der Waals surface area contributed by atoms with Crippen LogP contribution in [0.15, 0.2) is 72.9 Å². The molecule has 1 aromatic heterocycles. The van der Waals surface area contributed by atoms with Crippen molar-refractivity contribution in [1.82, 2.24) is 4.57 Å². The minimum atomic E-state index is -0.738. The van der Waals surface area contributed by atoms with Crippen molar-refractivity contribution in [1.29, 1.82) is 0 Å². The Morgan fingerprint density at radius 2 is 1.68 bits per heavy atom. The summed E-state index contributed by atoms with van der Waals surface area (Å²) >= 11 is 0. The number of nitrogens with zero attached hydrogens (tertiary/aromatic N) is 1. The largest absolute Gasteiger partial charge is 0.495 e. The van der Waals surface area contributed by atoms with Crippen LogP contribution in [-0.4, -0.2) is 28.9 Å². The summed E-state index contributed by atoms with van der Waals surface area (Å²) in [6.45, 7) is 9.10. The molecule has 190 valence electrons. The lowest BCUT2D eigenvalue weighted by Crippen LogP contribution is -2.41. The zero-order valence-electron chi connectivity index (χ0n) is 21.7. The fourth-order valence-electron chi connectivity index (χ4n) is 4.42. The van der Waals surface area contributed by atoms with Gasteiger partial charge in [-0.1, -0.05) is 18.2 Å². The van der Waals surface area contributed by atoms with E-state index in [4.69, 9.17) is 14.0 Å². The normalized spacial score (nSPS) is 16.2. The second-order valence-corrected chi connectivity index (χ2v) is 10.3. The number of nitrogens with one attached hydrogen (secondary N) is 1. The first kappa shape index (κ1) is 25.1. The molecule has 0 amide bonds. The fourth-order valence-corrected chi connectivity index (χ4v) is 4.42. The smallest absolute Gasteiger partial charge is 0.461 e. The number of halogens is 1. The van der Waals surface area contributed by atoms with Gasteiger partial charge in [0.25, 0.3) is 0 Å². The lowest BCUT2D eigenvalue weighted by atomic mass is 9.75. The minimum absolute atomic E-state index is 0.0765. The van der Waals surface area contributed by atoms with Crippen molar-refractivity contribution in [3.8, 4) is 5.69 Å². The van der Waals surface area contributed by atoms with E-state index >= 15 is 4.39 Å². The molecule has 1 saturated heterocycles. The van der Waals surface area contributed by atoms with Crippen LogP contribution < -0.4 is 10.8 Å². The number of anilines is 2. The lowest BCUT2D eigenvalue weighted by molar-refractivity contribution is -0.142. The number of rotatable bonds is 6. The van der Waals surface area contributed by atoms with E-state index in [2.05, 4.69) is 5.32 Å². The number of aromatic nitrogens is 1. The van der Waals surface area contributed by atoms with Crippen LogP contribution in [0.4, 0.5) is 15.8 Å². The molecule has 5 rings (SSSR count). The molecule has 2 heterocycles. The van der Waals surface area contributed by atoms with E-state index in [1.54, 1.807) is 10.6 Å². The number of carbonyl (C=O) groups excluding carboxylic acids is 1. The van der Waals surface area contributed by atoms with E-state index < -0.39 is 30.1 Å². The maximum atomic E-state index is 15.5. The monoisotopic (exact) mass is 500 g/mol. The molecule has 0 aliphatic carbocycles. The number of esters is 1. The topological polar surface area (TPSA) is 61.7 Å². The van der Waals surface area contributed by atoms with Crippen molar-refractivity contribution in [2.75, 3.05) is 5.32 Å². The van der Waals surface area contributed by atoms with E-state index in [0.717, 1.165) is 22.3 Å². The molecule has 0 bridgehead atoms. The second-order valence-electron chi connectivity index (χ2n) is 10.3. The predicted octanol–water partition coefficient (Wildman–Crippen LogP) is 5.88. The molecule has 37 heavy (non-hydrogen) atoms. The van der Waals surface area contributed by atoms with Crippen molar-refractivity contribution >= 4 is 40.8 Å². The maximum absolute atomic E-state index is 15.5. The van der Waals surface area contributed by atoms with Crippen molar-refractivity contribution in [3.05, 3.63) is 84.3 Å². The highest BCUT2D eigenvalue weighted by Gasteiger charge is 2.52. The summed E-state index contributed by atoms with van der Waals surface area (Å²) in [5, 5.41) is 4.35. The van der Waals surface area contributed by atoms with Crippen molar-refractivity contribution in [2.24, 2.45) is 0 Å². The summed E-state index contributed by atoms with van der Waals surface area (Å²) in [6, 6.07) is 21.0. The summed E-state index contributed by atoms with van der Waals surface area (Å²) < 4.78 is 35.1. The molecule has 1 aliphatic rings. The zero-order valence-corrected chi connectivity index (χ0v) is 21.7. The molecule has 1 fully saturated rings. The molecule has 1 aliphatic heterocycles. The molecule has 0 unspecified atom stereocenters. The zero-order chi connectivity index (χ0) is 26.4.